The Labute approximate surface area is 122 Å². The fourth-order valence-electron chi connectivity index (χ4n) is 1.78. The molecule has 1 aromatic heterocycles. The summed E-state index contributed by atoms with van der Waals surface area (Å²) in [5, 5.41) is 14.8. The van der Waals surface area contributed by atoms with Crippen molar-refractivity contribution in [1.82, 2.24) is 9.78 Å². The largest absolute Gasteiger partial charge is 0.262 e. The molecule has 0 saturated carbocycles. The molecule has 0 bridgehead atoms. The summed E-state index contributed by atoms with van der Waals surface area (Å²) in [4.78, 5) is 2.04. The monoisotopic (exact) mass is 289 g/mol. The fraction of sp³-hybridized carbons (Fsp3) is 0.286. The Morgan fingerprint density at radius 3 is 2.68 bits per heavy atom. The van der Waals surface area contributed by atoms with Gasteiger partial charge >= 0.3 is 0 Å². The van der Waals surface area contributed by atoms with Gasteiger partial charge in [-0.1, -0.05) is 24.8 Å². The van der Waals surface area contributed by atoms with Gasteiger partial charge in [0.05, 0.1) is 16.3 Å². The molecule has 98 valence electrons. The third kappa shape index (κ3) is 3.14. The van der Waals surface area contributed by atoms with Gasteiger partial charge < -0.3 is 0 Å². The Balaban J connectivity index is 2.38. The zero-order valence-corrected chi connectivity index (χ0v) is 12.8. The molecule has 2 aromatic rings. The molecule has 0 aliphatic carbocycles. The van der Waals surface area contributed by atoms with Crippen molar-refractivity contribution in [2.24, 2.45) is 7.05 Å². The molecule has 0 aliphatic heterocycles. The second kappa shape index (κ2) is 6.18. The van der Waals surface area contributed by atoms with Crippen molar-refractivity contribution in [3.63, 3.8) is 0 Å². The second-order valence-corrected chi connectivity index (χ2v) is 6.39. The predicted molar refractivity (Wildman–Crippen MR) is 79.6 cm³/mol. The SMILES string of the molecule is CCSc1cccc(Sc2cc(C)nn2C)c1C#N. The summed E-state index contributed by atoms with van der Waals surface area (Å²) in [5.41, 5.74) is 1.75. The molecule has 0 atom stereocenters. The van der Waals surface area contributed by atoms with Gasteiger partial charge in [-0.15, -0.1) is 11.8 Å². The zero-order valence-electron chi connectivity index (χ0n) is 11.2. The Morgan fingerprint density at radius 1 is 1.37 bits per heavy atom. The lowest BCUT2D eigenvalue weighted by Gasteiger charge is -2.08. The Kier molecular flexibility index (Phi) is 4.56. The van der Waals surface area contributed by atoms with E-state index in [1.807, 2.05) is 42.9 Å². The van der Waals surface area contributed by atoms with E-state index >= 15 is 0 Å². The molecule has 1 aromatic carbocycles. The van der Waals surface area contributed by atoms with Crippen LogP contribution >= 0.6 is 23.5 Å². The van der Waals surface area contributed by atoms with Crippen molar-refractivity contribution < 1.29 is 0 Å². The van der Waals surface area contributed by atoms with Crippen LogP contribution in [0.3, 0.4) is 0 Å². The van der Waals surface area contributed by atoms with Crippen LogP contribution in [0.4, 0.5) is 0 Å². The lowest BCUT2D eigenvalue weighted by Crippen LogP contribution is -1.93. The molecule has 0 spiro atoms. The average molecular weight is 289 g/mol. The summed E-state index contributed by atoms with van der Waals surface area (Å²) in [7, 11) is 1.92. The van der Waals surface area contributed by atoms with Crippen LogP contribution in [0.15, 0.2) is 39.1 Å². The van der Waals surface area contributed by atoms with E-state index < -0.39 is 0 Å². The number of benzene rings is 1. The summed E-state index contributed by atoms with van der Waals surface area (Å²) in [6.07, 6.45) is 0. The standard InChI is InChI=1S/C14H15N3S2/c1-4-18-12-6-5-7-13(11(12)9-15)19-14-8-10(2)16-17(14)3/h5-8H,4H2,1-3H3. The number of thioether (sulfide) groups is 1. The third-order valence-corrected chi connectivity index (χ3v) is 4.66. The van der Waals surface area contributed by atoms with Gasteiger partial charge in [-0.2, -0.15) is 10.4 Å². The molecule has 19 heavy (non-hydrogen) atoms. The van der Waals surface area contributed by atoms with E-state index in [4.69, 9.17) is 0 Å². The van der Waals surface area contributed by atoms with Crippen molar-refractivity contribution >= 4 is 23.5 Å². The molecular weight excluding hydrogens is 274 g/mol. The number of aryl methyl sites for hydroxylation is 2. The Hall–Kier alpha value is -1.38. The maximum atomic E-state index is 9.38. The third-order valence-electron chi connectivity index (χ3n) is 2.57. The smallest absolute Gasteiger partial charge is 0.102 e. The van der Waals surface area contributed by atoms with E-state index in [0.717, 1.165) is 31.8 Å². The van der Waals surface area contributed by atoms with E-state index in [0.29, 0.717) is 0 Å². The quantitative estimate of drug-likeness (QED) is 0.801. The highest BCUT2D eigenvalue weighted by molar-refractivity contribution is 8.00. The molecule has 0 saturated heterocycles. The molecule has 0 fully saturated rings. The Bertz CT molecular complexity index is 626. The first kappa shape index (κ1) is 14.0. The highest BCUT2D eigenvalue weighted by Gasteiger charge is 2.11. The van der Waals surface area contributed by atoms with E-state index in [1.165, 1.54) is 0 Å². The van der Waals surface area contributed by atoms with Crippen LogP contribution in [0.2, 0.25) is 0 Å². The van der Waals surface area contributed by atoms with Crippen molar-refractivity contribution in [2.75, 3.05) is 5.75 Å². The minimum atomic E-state index is 0.762. The number of hydrogen-bond donors (Lipinski definition) is 0. The lowest BCUT2D eigenvalue weighted by molar-refractivity contribution is 0.692. The van der Waals surface area contributed by atoms with Crippen LogP contribution in [0.5, 0.6) is 0 Å². The maximum Gasteiger partial charge on any atom is 0.102 e. The highest BCUT2D eigenvalue weighted by atomic mass is 32.2. The zero-order chi connectivity index (χ0) is 13.8. The summed E-state index contributed by atoms with van der Waals surface area (Å²) in [5.74, 6) is 0.966. The Morgan fingerprint density at radius 2 is 2.11 bits per heavy atom. The van der Waals surface area contributed by atoms with Gasteiger partial charge in [0.25, 0.3) is 0 Å². The number of nitriles is 1. The summed E-state index contributed by atoms with van der Waals surface area (Å²) in [6, 6.07) is 10.4. The molecule has 0 amide bonds. The first-order valence-electron chi connectivity index (χ1n) is 6.00. The minimum Gasteiger partial charge on any atom is -0.262 e. The minimum absolute atomic E-state index is 0.762. The van der Waals surface area contributed by atoms with Crippen LogP contribution in [0, 0.1) is 18.3 Å². The summed E-state index contributed by atoms with van der Waals surface area (Å²) in [6.45, 7) is 4.06. The van der Waals surface area contributed by atoms with Gasteiger partial charge in [0.2, 0.25) is 0 Å². The van der Waals surface area contributed by atoms with Gasteiger partial charge in [-0.25, -0.2) is 0 Å². The lowest BCUT2D eigenvalue weighted by atomic mass is 10.2. The number of aromatic nitrogens is 2. The maximum absolute atomic E-state index is 9.38. The normalized spacial score (nSPS) is 10.4. The first-order chi connectivity index (χ1) is 9.15. The first-order valence-corrected chi connectivity index (χ1v) is 7.80. The van der Waals surface area contributed by atoms with Crippen molar-refractivity contribution in [1.29, 1.82) is 5.26 Å². The van der Waals surface area contributed by atoms with E-state index in [1.54, 1.807) is 23.5 Å². The second-order valence-electron chi connectivity index (χ2n) is 4.02. The average Bonchev–Trinajstić information content (AvgIpc) is 2.69. The van der Waals surface area contributed by atoms with Crippen LogP contribution in [-0.4, -0.2) is 15.5 Å². The van der Waals surface area contributed by atoms with Gasteiger partial charge in [0.1, 0.15) is 6.07 Å². The van der Waals surface area contributed by atoms with Gasteiger partial charge in [0, 0.05) is 16.8 Å². The number of nitrogens with zero attached hydrogens (tertiary/aromatic N) is 3. The summed E-state index contributed by atoms with van der Waals surface area (Å²) < 4.78 is 1.85. The van der Waals surface area contributed by atoms with Crippen molar-refractivity contribution in [2.45, 2.75) is 28.7 Å². The molecule has 0 radical (unpaired) electrons. The summed E-state index contributed by atoms with van der Waals surface area (Å²) >= 11 is 3.29. The number of hydrogen-bond acceptors (Lipinski definition) is 4. The van der Waals surface area contributed by atoms with Gasteiger partial charge in [-0.3, -0.25) is 4.68 Å². The fourth-order valence-corrected chi connectivity index (χ4v) is 3.66. The van der Waals surface area contributed by atoms with E-state index in [9.17, 15) is 5.26 Å². The van der Waals surface area contributed by atoms with Crippen molar-refractivity contribution in [3.05, 3.63) is 35.5 Å². The van der Waals surface area contributed by atoms with Crippen LogP contribution in [0.1, 0.15) is 18.2 Å². The molecule has 0 unspecified atom stereocenters. The van der Waals surface area contributed by atoms with Crippen molar-refractivity contribution in [3.8, 4) is 6.07 Å². The van der Waals surface area contributed by atoms with E-state index in [2.05, 4.69) is 18.1 Å². The molecule has 1 heterocycles. The molecule has 0 aliphatic rings. The van der Waals surface area contributed by atoms with Gasteiger partial charge in [-0.05, 0) is 30.9 Å². The molecule has 2 rings (SSSR count). The molecular formula is C14H15N3S2. The molecule has 3 nitrogen and oxygen atoms in total. The molecule has 0 N–H and O–H groups in total. The number of rotatable bonds is 4. The molecule has 5 heteroatoms. The van der Waals surface area contributed by atoms with Crippen LogP contribution in [0.25, 0.3) is 0 Å². The highest BCUT2D eigenvalue weighted by Crippen LogP contribution is 2.34. The van der Waals surface area contributed by atoms with E-state index in [-0.39, 0.29) is 0 Å². The van der Waals surface area contributed by atoms with Gasteiger partial charge in [0.15, 0.2) is 0 Å². The van der Waals surface area contributed by atoms with Crippen LogP contribution in [-0.2, 0) is 7.05 Å². The van der Waals surface area contributed by atoms with Crippen LogP contribution < -0.4 is 0 Å². The topological polar surface area (TPSA) is 41.6 Å². The predicted octanol–water partition coefficient (Wildman–Crippen LogP) is 3.86.